The van der Waals surface area contributed by atoms with E-state index in [1.54, 1.807) is 0 Å². The zero-order valence-electron chi connectivity index (χ0n) is 12.2. The van der Waals surface area contributed by atoms with Gasteiger partial charge in [0.1, 0.15) is 5.82 Å². The summed E-state index contributed by atoms with van der Waals surface area (Å²) in [6.07, 6.45) is 0.565. The lowest BCUT2D eigenvalue weighted by Crippen LogP contribution is -2.24. The predicted molar refractivity (Wildman–Crippen MR) is 82.9 cm³/mol. The smallest absolute Gasteiger partial charge is 0.123 e. The van der Waals surface area contributed by atoms with Crippen LogP contribution in [0, 0.1) is 5.92 Å². The summed E-state index contributed by atoms with van der Waals surface area (Å²) in [6, 6.07) is 5.76. The molecule has 1 heterocycles. The number of aryl methyl sites for hydroxylation is 1. The van der Waals surface area contributed by atoms with Gasteiger partial charge in [0.25, 0.3) is 0 Å². The topological polar surface area (TPSA) is 50.1 Å². The molecule has 2 unspecified atom stereocenters. The molecule has 2 rings (SSSR count). The minimum atomic E-state index is -0.246. The summed E-state index contributed by atoms with van der Waals surface area (Å²) in [5.41, 5.74) is 2.01. The Bertz CT molecular complexity index is 580. The second-order valence-corrected chi connectivity index (χ2v) is 5.98. The number of imidazole rings is 1. The predicted octanol–water partition coefficient (Wildman–Crippen LogP) is 2.72. The molecule has 20 heavy (non-hydrogen) atoms. The number of halogens is 1. The standard InChI is InChI=1S/C15H22ClN3O/c1-10(6-11(2)20)8-17-9-15-18-13-7-12(16)4-5-14(13)19(15)3/h4-5,7,10-11,17,20H,6,8-9H2,1-3H3. The molecule has 2 aromatic rings. The van der Waals surface area contributed by atoms with Crippen molar-refractivity contribution in [2.24, 2.45) is 13.0 Å². The molecule has 4 nitrogen and oxygen atoms in total. The Balaban J connectivity index is 1.98. The van der Waals surface area contributed by atoms with Crippen molar-refractivity contribution in [2.45, 2.75) is 32.9 Å². The molecular weight excluding hydrogens is 274 g/mol. The van der Waals surface area contributed by atoms with E-state index < -0.39 is 0 Å². The van der Waals surface area contributed by atoms with Crippen molar-refractivity contribution >= 4 is 22.6 Å². The van der Waals surface area contributed by atoms with Crippen molar-refractivity contribution in [3.05, 3.63) is 29.0 Å². The molecular formula is C15H22ClN3O. The van der Waals surface area contributed by atoms with Crippen molar-refractivity contribution in [2.75, 3.05) is 6.54 Å². The largest absolute Gasteiger partial charge is 0.393 e. The molecule has 2 atom stereocenters. The van der Waals surface area contributed by atoms with Gasteiger partial charge in [-0.25, -0.2) is 4.98 Å². The van der Waals surface area contributed by atoms with Gasteiger partial charge in [-0.1, -0.05) is 18.5 Å². The van der Waals surface area contributed by atoms with Crippen LogP contribution in [0.4, 0.5) is 0 Å². The second-order valence-electron chi connectivity index (χ2n) is 5.54. The Labute approximate surface area is 124 Å². The quantitative estimate of drug-likeness (QED) is 0.861. The molecule has 0 aliphatic rings. The zero-order valence-corrected chi connectivity index (χ0v) is 13.0. The second kappa shape index (κ2) is 6.57. The highest BCUT2D eigenvalue weighted by atomic mass is 35.5. The van der Waals surface area contributed by atoms with Gasteiger partial charge in [0, 0.05) is 12.1 Å². The molecule has 1 aromatic heterocycles. The first-order valence-corrected chi connectivity index (χ1v) is 7.34. The molecule has 0 aliphatic carbocycles. The average molecular weight is 296 g/mol. The highest BCUT2D eigenvalue weighted by Gasteiger charge is 2.09. The van der Waals surface area contributed by atoms with Crippen LogP contribution in [-0.2, 0) is 13.6 Å². The SMILES string of the molecule is CC(O)CC(C)CNCc1nc2cc(Cl)ccc2n1C. The Morgan fingerprint density at radius 2 is 2.15 bits per heavy atom. The zero-order chi connectivity index (χ0) is 14.7. The van der Waals surface area contributed by atoms with Gasteiger partial charge < -0.3 is 15.0 Å². The van der Waals surface area contributed by atoms with Crippen LogP contribution in [0.3, 0.4) is 0 Å². The normalized spacial score (nSPS) is 14.7. The molecule has 0 spiro atoms. The van der Waals surface area contributed by atoms with E-state index in [1.807, 2.05) is 32.2 Å². The molecule has 0 radical (unpaired) electrons. The van der Waals surface area contributed by atoms with E-state index in [0.29, 0.717) is 17.5 Å². The number of rotatable bonds is 6. The first kappa shape index (κ1) is 15.3. The Kier molecular flexibility index (Phi) is 5.02. The fourth-order valence-electron chi connectivity index (χ4n) is 2.48. The highest BCUT2D eigenvalue weighted by molar-refractivity contribution is 6.31. The van der Waals surface area contributed by atoms with Gasteiger partial charge in [-0.3, -0.25) is 0 Å². The number of nitrogens with zero attached hydrogens (tertiary/aromatic N) is 2. The lowest BCUT2D eigenvalue weighted by molar-refractivity contribution is 0.163. The third-order valence-corrected chi connectivity index (χ3v) is 3.69. The van der Waals surface area contributed by atoms with Crippen LogP contribution in [0.1, 0.15) is 26.1 Å². The van der Waals surface area contributed by atoms with Gasteiger partial charge >= 0.3 is 0 Å². The summed E-state index contributed by atoms with van der Waals surface area (Å²) >= 11 is 5.99. The van der Waals surface area contributed by atoms with Gasteiger partial charge in [-0.2, -0.15) is 0 Å². The van der Waals surface area contributed by atoms with Crippen LogP contribution in [0.15, 0.2) is 18.2 Å². The van der Waals surface area contributed by atoms with Crippen LogP contribution in [0.2, 0.25) is 5.02 Å². The molecule has 0 bridgehead atoms. The van der Waals surface area contributed by atoms with Crippen molar-refractivity contribution < 1.29 is 5.11 Å². The number of aliphatic hydroxyl groups excluding tert-OH is 1. The number of fused-ring (bicyclic) bond motifs is 1. The molecule has 0 amide bonds. The maximum atomic E-state index is 9.35. The summed E-state index contributed by atoms with van der Waals surface area (Å²) in [6.45, 7) is 5.54. The minimum Gasteiger partial charge on any atom is -0.393 e. The van der Waals surface area contributed by atoms with E-state index in [4.69, 9.17) is 11.6 Å². The monoisotopic (exact) mass is 295 g/mol. The van der Waals surface area contributed by atoms with Gasteiger partial charge in [0.2, 0.25) is 0 Å². The molecule has 0 aliphatic heterocycles. The van der Waals surface area contributed by atoms with Crippen LogP contribution in [0.25, 0.3) is 11.0 Å². The lowest BCUT2D eigenvalue weighted by atomic mass is 10.1. The maximum absolute atomic E-state index is 9.35. The van der Waals surface area contributed by atoms with E-state index in [-0.39, 0.29) is 6.10 Å². The first-order chi connectivity index (χ1) is 9.47. The summed E-state index contributed by atoms with van der Waals surface area (Å²) in [4.78, 5) is 4.60. The van der Waals surface area contributed by atoms with Crippen molar-refractivity contribution in [3.8, 4) is 0 Å². The molecule has 0 saturated heterocycles. The number of benzene rings is 1. The van der Waals surface area contributed by atoms with Crippen molar-refractivity contribution in [1.29, 1.82) is 0 Å². The van der Waals surface area contributed by atoms with Gasteiger partial charge in [0.15, 0.2) is 0 Å². The summed E-state index contributed by atoms with van der Waals surface area (Å²) in [7, 11) is 2.01. The van der Waals surface area contributed by atoms with E-state index in [9.17, 15) is 5.11 Å². The lowest BCUT2D eigenvalue weighted by Gasteiger charge is -2.14. The van der Waals surface area contributed by atoms with Crippen LogP contribution in [0.5, 0.6) is 0 Å². The highest BCUT2D eigenvalue weighted by Crippen LogP contribution is 2.19. The molecule has 0 saturated carbocycles. The number of hydrogen-bond acceptors (Lipinski definition) is 3. The van der Waals surface area contributed by atoms with Crippen LogP contribution in [-0.4, -0.2) is 27.3 Å². The molecule has 0 fully saturated rings. The van der Waals surface area contributed by atoms with Gasteiger partial charge in [-0.05, 0) is 44.0 Å². The van der Waals surface area contributed by atoms with Gasteiger partial charge in [-0.15, -0.1) is 0 Å². The van der Waals surface area contributed by atoms with Crippen LogP contribution >= 0.6 is 11.6 Å². The Morgan fingerprint density at radius 1 is 1.40 bits per heavy atom. The molecule has 5 heteroatoms. The number of aliphatic hydroxyl groups is 1. The summed E-state index contributed by atoms with van der Waals surface area (Å²) in [5.74, 6) is 1.44. The molecule has 1 aromatic carbocycles. The number of hydrogen-bond donors (Lipinski definition) is 2. The fourth-order valence-corrected chi connectivity index (χ4v) is 2.64. The van der Waals surface area contributed by atoms with Gasteiger partial charge in [0.05, 0.1) is 23.7 Å². The molecule has 2 N–H and O–H groups in total. The third kappa shape index (κ3) is 3.72. The minimum absolute atomic E-state index is 0.246. The van der Waals surface area contributed by atoms with Crippen molar-refractivity contribution in [1.82, 2.24) is 14.9 Å². The number of nitrogens with one attached hydrogen (secondary N) is 1. The van der Waals surface area contributed by atoms with E-state index in [0.717, 1.165) is 29.8 Å². The van der Waals surface area contributed by atoms with E-state index >= 15 is 0 Å². The molecule has 110 valence electrons. The first-order valence-electron chi connectivity index (χ1n) is 6.97. The summed E-state index contributed by atoms with van der Waals surface area (Å²) < 4.78 is 2.08. The fraction of sp³-hybridized carbons (Fsp3) is 0.533. The average Bonchev–Trinajstić information content (AvgIpc) is 2.65. The van der Waals surface area contributed by atoms with E-state index in [2.05, 4.69) is 21.8 Å². The third-order valence-electron chi connectivity index (χ3n) is 3.45. The Morgan fingerprint density at radius 3 is 2.85 bits per heavy atom. The summed E-state index contributed by atoms with van der Waals surface area (Å²) in [5, 5.41) is 13.5. The van der Waals surface area contributed by atoms with E-state index in [1.165, 1.54) is 0 Å². The van der Waals surface area contributed by atoms with Crippen LogP contribution < -0.4 is 5.32 Å². The van der Waals surface area contributed by atoms with Crippen molar-refractivity contribution in [3.63, 3.8) is 0 Å². The number of aromatic nitrogens is 2. The Hall–Kier alpha value is -1.10. The maximum Gasteiger partial charge on any atom is 0.123 e.